The zero-order valence-electron chi connectivity index (χ0n) is 19.2. The van der Waals surface area contributed by atoms with Crippen LogP contribution in [0.15, 0.2) is 54.5 Å². The van der Waals surface area contributed by atoms with Crippen molar-refractivity contribution in [2.24, 2.45) is 0 Å². The van der Waals surface area contributed by atoms with E-state index in [4.69, 9.17) is 23.2 Å². The number of pyridine rings is 1. The molecule has 2 aromatic carbocycles. The molecule has 9 heteroatoms. The first-order valence-electron chi connectivity index (χ1n) is 11.8. The molecule has 178 valence electrons. The minimum Gasteiger partial charge on any atom is -0.378 e. The molecule has 3 aliphatic rings. The number of nitrogens with one attached hydrogen (secondary N) is 4. The van der Waals surface area contributed by atoms with Crippen molar-refractivity contribution in [3.63, 3.8) is 0 Å². The lowest BCUT2D eigenvalue weighted by Crippen LogP contribution is -2.38. The van der Waals surface area contributed by atoms with E-state index in [0.29, 0.717) is 27.2 Å². The van der Waals surface area contributed by atoms with Gasteiger partial charge in [-0.1, -0.05) is 41.4 Å². The molecule has 2 saturated carbocycles. The summed E-state index contributed by atoms with van der Waals surface area (Å²) >= 11 is 13.4. The van der Waals surface area contributed by atoms with E-state index in [-0.39, 0.29) is 11.6 Å². The van der Waals surface area contributed by atoms with Gasteiger partial charge in [-0.15, -0.1) is 5.53 Å². The Morgan fingerprint density at radius 3 is 2.71 bits per heavy atom. The standard InChI is InChI=1S/C26H25Cl2N7/c1-26(8-9-26)32-23-15(12-29)13-30-24-19(23)10-16(11-21(24)28)31-25(18-4-2-3-5-20(18)27)22-14-35(34-33-22)17-6-7-17/h2-5,10-11,13-14,17,25,31,33-34H,6-9H2,1H3,(H,30,32). The number of rotatable bonds is 7. The molecule has 2 fully saturated rings. The first kappa shape index (κ1) is 22.3. The van der Waals surface area contributed by atoms with Crippen LogP contribution in [0.5, 0.6) is 0 Å². The minimum atomic E-state index is -0.252. The van der Waals surface area contributed by atoms with Gasteiger partial charge in [0.05, 0.1) is 33.5 Å². The molecule has 0 radical (unpaired) electrons. The molecule has 35 heavy (non-hydrogen) atoms. The van der Waals surface area contributed by atoms with Crippen LogP contribution >= 0.6 is 23.2 Å². The minimum absolute atomic E-state index is 0.00753. The fourth-order valence-electron chi connectivity index (χ4n) is 4.42. The Kier molecular flexibility index (Phi) is 5.41. The van der Waals surface area contributed by atoms with Gasteiger partial charge in [-0.2, -0.15) is 5.26 Å². The molecule has 1 aromatic heterocycles. The van der Waals surface area contributed by atoms with Crippen LogP contribution in [-0.2, 0) is 0 Å². The van der Waals surface area contributed by atoms with Gasteiger partial charge in [-0.05, 0) is 56.4 Å². The number of hydrazine groups is 2. The molecule has 4 N–H and O–H groups in total. The number of fused-ring (bicyclic) bond motifs is 1. The molecule has 6 rings (SSSR count). The number of aromatic nitrogens is 1. The van der Waals surface area contributed by atoms with Gasteiger partial charge in [-0.3, -0.25) is 9.99 Å². The van der Waals surface area contributed by atoms with Crippen molar-refractivity contribution < 1.29 is 0 Å². The predicted molar refractivity (Wildman–Crippen MR) is 140 cm³/mol. The first-order valence-corrected chi connectivity index (χ1v) is 12.5. The van der Waals surface area contributed by atoms with E-state index in [1.54, 1.807) is 6.20 Å². The second-order valence-corrected chi connectivity index (χ2v) is 10.6. The van der Waals surface area contributed by atoms with Gasteiger partial charge in [-0.25, -0.2) is 0 Å². The lowest BCUT2D eigenvalue weighted by molar-refractivity contribution is 0.260. The van der Waals surface area contributed by atoms with Gasteiger partial charge in [0.2, 0.25) is 0 Å². The third-order valence-corrected chi connectivity index (χ3v) is 7.49. The van der Waals surface area contributed by atoms with Crippen LogP contribution < -0.4 is 21.6 Å². The summed E-state index contributed by atoms with van der Waals surface area (Å²) in [6.45, 7) is 2.16. The van der Waals surface area contributed by atoms with Crippen molar-refractivity contribution in [2.45, 2.75) is 50.2 Å². The van der Waals surface area contributed by atoms with E-state index in [1.807, 2.05) is 36.4 Å². The summed E-state index contributed by atoms with van der Waals surface area (Å²) in [6.07, 6.45) is 8.15. The number of benzene rings is 2. The molecular formula is C26H25Cl2N7. The van der Waals surface area contributed by atoms with Crippen LogP contribution in [0.2, 0.25) is 10.0 Å². The summed E-state index contributed by atoms with van der Waals surface area (Å²) in [5, 5.41) is 21.1. The van der Waals surface area contributed by atoms with E-state index in [1.165, 1.54) is 12.8 Å². The fraction of sp³-hybridized carbons (Fsp3) is 0.308. The van der Waals surface area contributed by atoms with Crippen LogP contribution in [0.3, 0.4) is 0 Å². The Labute approximate surface area is 214 Å². The third kappa shape index (κ3) is 4.34. The second kappa shape index (κ2) is 8.49. The highest BCUT2D eigenvalue weighted by Gasteiger charge is 2.38. The van der Waals surface area contributed by atoms with Gasteiger partial charge >= 0.3 is 0 Å². The molecule has 1 unspecified atom stereocenters. The van der Waals surface area contributed by atoms with Crippen molar-refractivity contribution in [3.8, 4) is 6.07 Å². The zero-order valence-corrected chi connectivity index (χ0v) is 20.7. The quantitative estimate of drug-likeness (QED) is 0.319. The molecule has 0 spiro atoms. The molecule has 0 saturated heterocycles. The third-order valence-electron chi connectivity index (χ3n) is 6.86. The van der Waals surface area contributed by atoms with Crippen molar-refractivity contribution in [2.75, 3.05) is 10.6 Å². The highest BCUT2D eigenvalue weighted by molar-refractivity contribution is 6.36. The van der Waals surface area contributed by atoms with Crippen LogP contribution in [0, 0.1) is 11.3 Å². The summed E-state index contributed by atoms with van der Waals surface area (Å²) in [6, 6.07) is 14.2. The highest BCUT2D eigenvalue weighted by atomic mass is 35.5. The lowest BCUT2D eigenvalue weighted by atomic mass is 10.0. The maximum absolute atomic E-state index is 9.76. The number of nitrogens with zero attached hydrogens (tertiary/aromatic N) is 3. The molecule has 0 bridgehead atoms. The molecule has 2 heterocycles. The Morgan fingerprint density at radius 2 is 2.00 bits per heavy atom. The second-order valence-electron chi connectivity index (χ2n) is 9.76. The monoisotopic (exact) mass is 505 g/mol. The number of hydrogen-bond donors (Lipinski definition) is 4. The van der Waals surface area contributed by atoms with Crippen LogP contribution in [0.4, 0.5) is 11.4 Å². The summed E-state index contributed by atoms with van der Waals surface area (Å²) in [7, 11) is 0. The van der Waals surface area contributed by atoms with E-state index < -0.39 is 0 Å². The van der Waals surface area contributed by atoms with E-state index in [0.717, 1.165) is 40.9 Å². The average Bonchev–Trinajstić information content (AvgIpc) is 3.78. The van der Waals surface area contributed by atoms with E-state index in [9.17, 15) is 5.26 Å². The summed E-state index contributed by atoms with van der Waals surface area (Å²) in [5.41, 5.74) is 11.2. The van der Waals surface area contributed by atoms with Crippen molar-refractivity contribution in [1.29, 1.82) is 5.26 Å². The zero-order chi connectivity index (χ0) is 24.2. The van der Waals surface area contributed by atoms with Crippen molar-refractivity contribution >= 4 is 45.5 Å². The number of anilines is 2. The van der Waals surface area contributed by atoms with Crippen LogP contribution in [-0.4, -0.2) is 21.6 Å². The van der Waals surface area contributed by atoms with Gasteiger partial charge < -0.3 is 16.1 Å². The Bertz CT molecular complexity index is 1390. The lowest BCUT2D eigenvalue weighted by Gasteiger charge is -2.23. The summed E-state index contributed by atoms with van der Waals surface area (Å²) in [4.78, 5) is 4.49. The van der Waals surface area contributed by atoms with Gasteiger partial charge in [0.15, 0.2) is 0 Å². The van der Waals surface area contributed by atoms with Gasteiger partial charge in [0, 0.05) is 40.1 Å². The smallest absolute Gasteiger partial charge is 0.103 e. The Hall–Kier alpha value is -3.18. The van der Waals surface area contributed by atoms with E-state index >= 15 is 0 Å². The number of hydrogen-bond acceptors (Lipinski definition) is 7. The number of halogens is 2. The molecular weight excluding hydrogens is 481 g/mol. The molecule has 7 nitrogen and oxygen atoms in total. The molecule has 1 aliphatic heterocycles. The molecule has 3 aromatic rings. The van der Waals surface area contributed by atoms with Gasteiger partial charge in [0.1, 0.15) is 6.07 Å². The number of nitriles is 1. The molecule has 0 amide bonds. The fourth-order valence-corrected chi connectivity index (χ4v) is 4.93. The average molecular weight is 506 g/mol. The molecule has 2 aliphatic carbocycles. The normalized spacial score (nSPS) is 19.0. The van der Waals surface area contributed by atoms with Gasteiger partial charge in [0.25, 0.3) is 0 Å². The topological polar surface area (TPSA) is 88.0 Å². The Morgan fingerprint density at radius 1 is 1.20 bits per heavy atom. The van der Waals surface area contributed by atoms with Crippen molar-refractivity contribution in [3.05, 3.63) is 75.7 Å². The summed E-state index contributed by atoms with van der Waals surface area (Å²) < 4.78 is 0. The first-order chi connectivity index (χ1) is 16.9. The van der Waals surface area contributed by atoms with E-state index in [2.05, 4.69) is 50.8 Å². The van der Waals surface area contributed by atoms with Crippen molar-refractivity contribution in [1.82, 2.24) is 21.0 Å². The maximum atomic E-state index is 9.76. The van der Waals surface area contributed by atoms with Crippen LogP contribution in [0.25, 0.3) is 10.9 Å². The SMILES string of the molecule is CC1(Nc2c(C#N)cnc3c(Cl)cc(NC(C4=CN(C5CC5)NN4)c4ccccc4Cl)cc23)CC1. The van der Waals surface area contributed by atoms with Crippen LogP contribution in [0.1, 0.15) is 49.8 Å². The highest BCUT2D eigenvalue weighted by Crippen LogP contribution is 2.43. The largest absolute Gasteiger partial charge is 0.378 e. The predicted octanol–water partition coefficient (Wildman–Crippen LogP) is 5.86. The maximum Gasteiger partial charge on any atom is 0.103 e. The summed E-state index contributed by atoms with van der Waals surface area (Å²) in [5.74, 6) is 0. The molecule has 1 atom stereocenters. The Balaban J connectivity index is 1.43.